The number of hydrogen-bond acceptors (Lipinski definition) is 12. The number of hydrogen-bond donors (Lipinski definition) is 0. The second-order valence-corrected chi connectivity index (χ2v) is 38.0. The Bertz CT molecular complexity index is 3530. The topological polar surface area (TPSA) is 142 Å². The molecular weight excluding hydrogens is 1270 g/mol. The number of aryl methyl sites for hydroxylation is 3. The maximum atomic E-state index is 12.7. The summed E-state index contributed by atoms with van der Waals surface area (Å²) in [5, 5.41) is 1.74. The first-order valence-corrected chi connectivity index (χ1v) is 37.7. The summed E-state index contributed by atoms with van der Waals surface area (Å²) in [6.07, 6.45) is 5.43. The van der Waals surface area contributed by atoms with Gasteiger partial charge in [-0.3, -0.25) is 19.2 Å². The molecule has 1 aliphatic rings. The second kappa shape index (κ2) is 31.8. The summed E-state index contributed by atoms with van der Waals surface area (Å²) in [6.45, 7) is 55.3. The van der Waals surface area contributed by atoms with Crippen LogP contribution >= 0.6 is 16.8 Å². The van der Waals surface area contributed by atoms with Crippen molar-refractivity contribution in [1.82, 2.24) is 0 Å². The smallest absolute Gasteiger partial charge is 0.326 e. The molecule has 6 rings (SSSR count). The van der Waals surface area contributed by atoms with Crippen LogP contribution in [0.4, 0.5) is 0 Å². The first kappa shape index (κ1) is 81.5. The number of carbonyl (C=O) groups excluding carboxylic acids is 4. The van der Waals surface area contributed by atoms with Crippen LogP contribution in [0.3, 0.4) is 0 Å². The molecule has 0 saturated carbocycles. The van der Waals surface area contributed by atoms with Gasteiger partial charge in [0.15, 0.2) is 0 Å². The Morgan fingerprint density at radius 2 is 0.606 bits per heavy atom. The van der Waals surface area contributed by atoms with E-state index < -0.39 is 16.8 Å². The van der Waals surface area contributed by atoms with Crippen LogP contribution in [0.25, 0.3) is 11.1 Å². The summed E-state index contributed by atoms with van der Waals surface area (Å²) in [5.41, 5.74) is 10.4. The van der Waals surface area contributed by atoms with Gasteiger partial charge in [-0.1, -0.05) is 245 Å². The number of rotatable bonds is 23. The zero-order valence-electron chi connectivity index (χ0n) is 65.8. The lowest BCUT2D eigenvalue weighted by atomic mass is 9.64. The average Bonchev–Trinajstić information content (AvgIpc) is 0.777. The van der Waals surface area contributed by atoms with Crippen molar-refractivity contribution in [1.29, 1.82) is 0 Å². The fourth-order valence-corrected chi connectivity index (χ4v) is 15.6. The molecule has 0 saturated heterocycles. The Hall–Kier alpha value is -6.48. The minimum absolute atomic E-state index is 0.0241. The maximum absolute atomic E-state index is 12.7. The van der Waals surface area contributed by atoms with Crippen molar-refractivity contribution in [2.45, 2.75) is 257 Å². The summed E-state index contributed by atoms with van der Waals surface area (Å²) >= 11 is 0. The molecule has 5 aromatic carbocycles. The predicted octanol–water partition coefficient (Wildman–Crippen LogP) is 21.1. The van der Waals surface area contributed by atoms with Crippen molar-refractivity contribution in [3.05, 3.63) is 158 Å². The molecule has 0 spiro atoms. The number of ether oxygens (including phenoxy) is 4. The Morgan fingerprint density at radius 1 is 0.354 bits per heavy atom. The van der Waals surface area contributed by atoms with Crippen molar-refractivity contribution in [3.8, 4) is 28.4 Å². The summed E-state index contributed by atoms with van der Waals surface area (Å²) in [7, 11) is 1.86. The van der Waals surface area contributed by atoms with E-state index in [1.165, 1.54) is 34.0 Å². The fourth-order valence-electron chi connectivity index (χ4n) is 12.8. The molecule has 14 heteroatoms. The van der Waals surface area contributed by atoms with Crippen molar-refractivity contribution in [3.63, 3.8) is 0 Å². The lowest BCUT2D eigenvalue weighted by molar-refractivity contribution is -0.141. The minimum atomic E-state index is -1.95. The van der Waals surface area contributed by atoms with E-state index in [1.807, 2.05) is 0 Å². The van der Waals surface area contributed by atoms with Gasteiger partial charge in [0.25, 0.3) is 0 Å². The van der Waals surface area contributed by atoms with E-state index in [1.54, 1.807) is 0 Å². The molecule has 3 unspecified atom stereocenters. The number of allylic oxidation sites excluding steroid dienone is 4. The molecule has 0 N–H and O–H groups in total. The molecule has 99 heavy (non-hydrogen) atoms. The molecule has 0 fully saturated rings. The zero-order chi connectivity index (χ0) is 74.5. The number of benzene rings is 5. The Kier molecular flexibility index (Phi) is 26.2. The van der Waals surface area contributed by atoms with Crippen molar-refractivity contribution >= 4 is 51.2 Å². The van der Waals surface area contributed by atoms with E-state index in [0.717, 1.165) is 100 Å². The third-order valence-corrected chi connectivity index (χ3v) is 21.4. The van der Waals surface area contributed by atoms with Crippen LogP contribution in [-0.4, -0.2) is 52.3 Å². The molecule has 0 bridgehead atoms. The van der Waals surface area contributed by atoms with Crippen LogP contribution in [0, 0.1) is 22.7 Å². The molecule has 542 valence electrons. The quantitative estimate of drug-likeness (QED) is 0.0349. The van der Waals surface area contributed by atoms with E-state index in [-0.39, 0.29) is 105 Å². The minimum Gasteiger partial charge on any atom is -0.469 e. The van der Waals surface area contributed by atoms with Crippen LogP contribution in [0.2, 0.25) is 0 Å². The molecule has 0 aliphatic heterocycles. The molecule has 0 aromatic heterocycles. The van der Waals surface area contributed by atoms with E-state index in [2.05, 4.69) is 264 Å². The lowest BCUT2D eigenvalue weighted by Crippen LogP contribution is -2.35. The standard InChI is InChI=1S/C85H120O12P2/c1-53-59(37-45-72(89)93-29)52-68(84(20,21)22)77(73(53)85(23,24)25)97-99(96-76-66(82(14,15)16)50-56(32-44-71(88)92-28)51-67(76)83(17,18)19)61-40-35-58(36-41-61)57-33-38-60(39-34-57)98(94-74-62(78(2,3)4)46-54(30-42-69(86)90-26)47-63(74)79(5,6)7)95-75-64(80(8,9)10)48-55(31-43-70(87)91-27)49-65(75)81(11,12)13/h33-36,38-41,46-53,73H,30-32,37,42-45H2,1-29H3. The molecule has 12 nitrogen and oxygen atoms in total. The molecular formula is C85H120O12P2. The van der Waals surface area contributed by atoms with Gasteiger partial charge in [0, 0.05) is 65.0 Å². The summed E-state index contributed by atoms with van der Waals surface area (Å²) in [4.78, 5) is 50.6. The number of esters is 4. The Labute approximate surface area is 598 Å². The molecule has 0 radical (unpaired) electrons. The van der Waals surface area contributed by atoms with E-state index in [0.29, 0.717) is 25.7 Å². The van der Waals surface area contributed by atoms with Gasteiger partial charge >= 0.3 is 40.6 Å². The third kappa shape index (κ3) is 21.3. The van der Waals surface area contributed by atoms with Gasteiger partial charge < -0.3 is 37.0 Å². The highest BCUT2D eigenvalue weighted by Crippen LogP contribution is 2.57. The van der Waals surface area contributed by atoms with E-state index in [4.69, 9.17) is 37.0 Å². The Morgan fingerprint density at radius 3 is 0.838 bits per heavy atom. The van der Waals surface area contributed by atoms with Gasteiger partial charge in [0.2, 0.25) is 0 Å². The highest BCUT2D eigenvalue weighted by Gasteiger charge is 2.45. The first-order valence-electron chi connectivity index (χ1n) is 35.3. The molecule has 0 heterocycles. The van der Waals surface area contributed by atoms with Crippen LogP contribution < -0.4 is 24.2 Å². The van der Waals surface area contributed by atoms with Crippen molar-refractivity contribution < 1.29 is 56.2 Å². The predicted molar refractivity (Wildman–Crippen MR) is 408 cm³/mol. The van der Waals surface area contributed by atoms with E-state index >= 15 is 0 Å². The van der Waals surface area contributed by atoms with Gasteiger partial charge in [-0.05, 0) is 133 Å². The maximum Gasteiger partial charge on any atom is 0.326 e. The third-order valence-electron chi connectivity index (χ3n) is 18.6. The summed E-state index contributed by atoms with van der Waals surface area (Å²) in [5.74, 6) is 2.08. The van der Waals surface area contributed by atoms with Gasteiger partial charge in [-0.2, -0.15) is 0 Å². The Balaban J connectivity index is 1.61. The molecule has 1 aliphatic carbocycles. The number of carbonyl (C=O) groups is 4. The molecule has 3 atom stereocenters. The van der Waals surface area contributed by atoms with Gasteiger partial charge in [0.1, 0.15) is 23.0 Å². The highest BCUT2D eigenvalue weighted by molar-refractivity contribution is 7.57. The van der Waals surface area contributed by atoms with Gasteiger partial charge in [-0.15, -0.1) is 0 Å². The second-order valence-electron chi connectivity index (χ2n) is 35.2. The highest BCUT2D eigenvalue weighted by atomic mass is 31.2. The van der Waals surface area contributed by atoms with Crippen molar-refractivity contribution in [2.24, 2.45) is 22.7 Å². The number of methoxy groups -OCH3 is 4. The largest absolute Gasteiger partial charge is 0.469 e. The van der Waals surface area contributed by atoms with Gasteiger partial charge in [0.05, 0.1) is 39.0 Å². The van der Waals surface area contributed by atoms with Crippen molar-refractivity contribution in [2.75, 3.05) is 28.4 Å². The lowest BCUT2D eigenvalue weighted by Gasteiger charge is -2.44. The molecule has 5 aromatic rings. The van der Waals surface area contributed by atoms with Crippen LogP contribution in [0.1, 0.15) is 255 Å². The SMILES string of the molecule is COC(=O)CCC1=CC(C(C)(C)C)=C(OP(Oc2c(C(C)(C)C)cc(CCC(=O)OC)cc2C(C)(C)C)c2ccc(-c3ccc(P(Oc4c(C(C)(C)C)cc(CCC(=O)OC)cc4C(C)(C)C)Oc4c(C(C)(C)C)cc(CCC(=O)OC)cc4C(C)(C)C)cc3)cc2)C(C(C)(C)C)C1C. The van der Waals surface area contributed by atoms with Crippen LogP contribution in [-0.2, 0) is 94.4 Å². The van der Waals surface area contributed by atoms with Crippen LogP contribution in [0.15, 0.2) is 108 Å². The molecule has 0 amide bonds. The summed E-state index contributed by atoms with van der Waals surface area (Å²) in [6, 6.07) is 30.3. The van der Waals surface area contributed by atoms with E-state index in [9.17, 15) is 19.2 Å². The first-order chi connectivity index (χ1) is 45.5. The fraction of sp³-hybridized carbons (Fsp3) is 0.553. The monoisotopic (exact) mass is 1390 g/mol. The van der Waals surface area contributed by atoms with Gasteiger partial charge in [-0.25, -0.2) is 0 Å². The normalized spacial score (nSPS) is 15.5. The summed E-state index contributed by atoms with van der Waals surface area (Å²) < 4.78 is 51.4. The zero-order valence-corrected chi connectivity index (χ0v) is 67.6. The van der Waals surface area contributed by atoms with Crippen LogP contribution in [0.5, 0.6) is 17.2 Å². The average molecular weight is 1400 g/mol.